The first-order chi connectivity index (χ1) is 9.73. The normalized spacial score (nSPS) is 11.0. The van der Waals surface area contributed by atoms with Crippen LogP contribution in [0.2, 0.25) is 0 Å². The van der Waals surface area contributed by atoms with E-state index in [1.165, 1.54) is 23.1 Å². The molecule has 0 saturated carbocycles. The van der Waals surface area contributed by atoms with Crippen molar-refractivity contribution in [3.05, 3.63) is 10.9 Å². The highest BCUT2D eigenvalue weighted by atomic mass is 32.1. The van der Waals surface area contributed by atoms with Crippen molar-refractivity contribution >= 4 is 33.3 Å². The van der Waals surface area contributed by atoms with Gasteiger partial charge in [0.2, 0.25) is 5.95 Å². The molecule has 5 heteroatoms. The Labute approximate surface area is 125 Å². The monoisotopic (exact) mass is 292 g/mol. The van der Waals surface area contributed by atoms with Gasteiger partial charge < -0.3 is 10.2 Å². The maximum Gasteiger partial charge on any atom is 0.225 e. The molecule has 0 unspecified atom stereocenters. The van der Waals surface area contributed by atoms with Crippen LogP contribution in [0.5, 0.6) is 0 Å². The number of aromatic nitrogens is 2. The van der Waals surface area contributed by atoms with Gasteiger partial charge >= 0.3 is 0 Å². The zero-order valence-corrected chi connectivity index (χ0v) is 13.7. The molecule has 0 aliphatic heterocycles. The first-order valence-electron chi connectivity index (χ1n) is 7.46. The molecule has 2 rings (SSSR count). The van der Waals surface area contributed by atoms with E-state index in [1.54, 1.807) is 11.3 Å². The molecule has 2 aromatic rings. The van der Waals surface area contributed by atoms with Crippen molar-refractivity contribution in [2.24, 2.45) is 0 Å². The molecule has 0 bridgehead atoms. The second-order valence-corrected chi connectivity index (χ2v) is 5.95. The van der Waals surface area contributed by atoms with Gasteiger partial charge in [0.15, 0.2) is 0 Å². The van der Waals surface area contributed by atoms with Gasteiger partial charge in [0.05, 0.1) is 5.39 Å². The van der Waals surface area contributed by atoms with Crippen LogP contribution in [0.15, 0.2) is 6.07 Å². The van der Waals surface area contributed by atoms with E-state index in [9.17, 15) is 0 Å². The van der Waals surface area contributed by atoms with Crippen LogP contribution in [-0.2, 0) is 6.42 Å². The van der Waals surface area contributed by atoms with Crippen LogP contribution in [0, 0.1) is 0 Å². The predicted molar refractivity (Wildman–Crippen MR) is 89.1 cm³/mol. The molecule has 0 aliphatic rings. The summed E-state index contributed by atoms with van der Waals surface area (Å²) in [5, 5.41) is 4.28. The van der Waals surface area contributed by atoms with Crippen LogP contribution in [-0.4, -0.2) is 30.1 Å². The van der Waals surface area contributed by atoms with E-state index in [4.69, 9.17) is 4.98 Å². The van der Waals surface area contributed by atoms with Gasteiger partial charge in [-0.15, -0.1) is 11.3 Å². The molecule has 2 aromatic heterocycles. The van der Waals surface area contributed by atoms with Crippen LogP contribution in [0.25, 0.3) is 10.2 Å². The molecule has 20 heavy (non-hydrogen) atoms. The molecule has 2 heterocycles. The highest BCUT2D eigenvalue weighted by Gasteiger charge is 2.15. The fourth-order valence-corrected chi connectivity index (χ4v) is 3.21. The average Bonchev–Trinajstić information content (AvgIpc) is 2.90. The van der Waals surface area contributed by atoms with Gasteiger partial charge in [-0.1, -0.05) is 20.3 Å². The van der Waals surface area contributed by atoms with E-state index < -0.39 is 0 Å². The van der Waals surface area contributed by atoms with Crippen LogP contribution in [0.3, 0.4) is 0 Å². The Bertz CT molecular complexity index is 564. The Morgan fingerprint density at radius 3 is 2.65 bits per heavy atom. The number of unbranched alkanes of at least 4 members (excludes halogenated alkanes) is 1. The first kappa shape index (κ1) is 15.0. The maximum atomic E-state index is 4.70. The van der Waals surface area contributed by atoms with E-state index in [0.717, 1.165) is 30.2 Å². The minimum absolute atomic E-state index is 0.715. The third-order valence-electron chi connectivity index (χ3n) is 3.46. The summed E-state index contributed by atoms with van der Waals surface area (Å²) in [5.74, 6) is 1.79. The summed E-state index contributed by atoms with van der Waals surface area (Å²) >= 11 is 1.77. The average molecular weight is 292 g/mol. The Morgan fingerprint density at radius 2 is 2.05 bits per heavy atom. The van der Waals surface area contributed by atoms with Crippen LogP contribution in [0.1, 0.15) is 38.5 Å². The van der Waals surface area contributed by atoms with E-state index in [-0.39, 0.29) is 0 Å². The number of thiophene rings is 1. The van der Waals surface area contributed by atoms with Crippen molar-refractivity contribution < 1.29 is 0 Å². The Balaban J connectivity index is 2.49. The summed E-state index contributed by atoms with van der Waals surface area (Å²) in [5.41, 5.74) is 0. The number of nitrogens with one attached hydrogen (secondary N) is 1. The van der Waals surface area contributed by atoms with Crippen molar-refractivity contribution in [2.45, 2.75) is 40.0 Å². The molecule has 1 N–H and O–H groups in total. The molecule has 0 radical (unpaired) electrons. The zero-order valence-electron chi connectivity index (χ0n) is 12.9. The van der Waals surface area contributed by atoms with E-state index in [1.807, 2.05) is 7.05 Å². The molecular weight excluding hydrogens is 268 g/mol. The summed E-state index contributed by atoms with van der Waals surface area (Å²) < 4.78 is 0. The standard InChI is InChI=1S/C15H24N4S/c1-5-8-9-19(7-3)13-12-10-11(6-2)20-14(12)18-15(16-4)17-13/h10H,5-9H2,1-4H3,(H,16,17,18). The second kappa shape index (κ2) is 6.88. The quantitative estimate of drug-likeness (QED) is 0.839. The van der Waals surface area contributed by atoms with Crippen LogP contribution in [0.4, 0.5) is 11.8 Å². The van der Waals surface area contributed by atoms with Gasteiger partial charge in [-0.25, -0.2) is 4.98 Å². The second-order valence-electron chi connectivity index (χ2n) is 4.84. The summed E-state index contributed by atoms with van der Waals surface area (Å²) in [6.45, 7) is 8.63. The topological polar surface area (TPSA) is 41.1 Å². The predicted octanol–water partition coefficient (Wildman–Crippen LogP) is 3.92. The molecule has 0 spiro atoms. The smallest absolute Gasteiger partial charge is 0.225 e. The number of anilines is 2. The van der Waals surface area contributed by atoms with Crippen LogP contribution >= 0.6 is 11.3 Å². The lowest BCUT2D eigenvalue weighted by Crippen LogP contribution is -2.25. The molecule has 0 amide bonds. The maximum absolute atomic E-state index is 4.70. The fraction of sp³-hybridized carbons (Fsp3) is 0.600. The summed E-state index contributed by atoms with van der Waals surface area (Å²) in [6, 6.07) is 2.25. The Kier molecular flexibility index (Phi) is 5.17. The van der Waals surface area contributed by atoms with E-state index in [2.05, 4.69) is 42.0 Å². The third kappa shape index (κ3) is 3.03. The molecule has 0 fully saturated rings. The van der Waals surface area contributed by atoms with Crippen molar-refractivity contribution in [3.8, 4) is 0 Å². The lowest BCUT2D eigenvalue weighted by Gasteiger charge is -2.22. The number of nitrogens with zero attached hydrogens (tertiary/aromatic N) is 3. The van der Waals surface area contributed by atoms with Gasteiger partial charge in [-0.3, -0.25) is 0 Å². The van der Waals surface area contributed by atoms with Gasteiger partial charge in [-0.05, 0) is 25.8 Å². The van der Waals surface area contributed by atoms with E-state index >= 15 is 0 Å². The molecule has 0 atom stereocenters. The Hall–Kier alpha value is -1.36. The van der Waals surface area contributed by atoms with Crippen molar-refractivity contribution in [1.29, 1.82) is 0 Å². The highest BCUT2D eigenvalue weighted by molar-refractivity contribution is 7.18. The molecular formula is C15H24N4S. The number of aryl methyl sites for hydroxylation is 1. The summed E-state index contributed by atoms with van der Waals surface area (Å²) in [6.07, 6.45) is 3.45. The van der Waals surface area contributed by atoms with Gasteiger partial charge in [0.25, 0.3) is 0 Å². The minimum Gasteiger partial charge on any atom is -0.357 e. The third-order valence-corrected chi connectivity index (χ3v) is 4.63. The Morgan fingerprint density at radius 1 is 1.25 bits per heavy atom. The molecule has 4 nitrogen and oxygen atoms in total. The zero-order chi connectivity index (χ0) is 14.5. The lowest BCUT2D eigenvalue weighted by atomic mass is 10.2. The SMILES string of the molecule is CCCCN(CC)c1nc(NC)nc2sc(CC)cc12. The largest absolute Gasteiger partial charge is 0.357 e. The van der Waals surface area contributed by atoms with Crippen molar-refractivity contribution in [3.63, 3.8) is 0 Å². The van der Waals surface area contributed by atoms with Gasteiger partial charge in [0, 0.05) is 25.0 Å². The number of rotatable bonds is 7. The fourth-order valence-electron chi connectivity index (χ4n) is 2.25. The van der Waals surface area contributed by atoms with Crippen molar-refractivity contribution in [1.82, 2.24) is 9.97 Å². The van der Waals surface area contributed by atoms with E-state index in [0.29, 0.717) is 5.95 Å². The minimum atomic E-state index is 0.715. The first-order valence-corrected chi connectivity index (χ1v) is 8.28. The number of hydrogen-bond donors (Lipinski definition) is 1. The highest BCUT2D eigenvalue weighted by Crippen LogP contribution is 2.32. The number of hydrogen-bond acceptors (Lipinski definition) is 5. The molecule has 0 aromatic carbocycles. The molecule has 110 valence electrons. The van der Waals surface area contributed by atoms with Crippen molar-refractivity contribution in [2.75, 3.05) is 30.4 Å². The summed E-state index contributed by atoms with van der Waals surface area (Å²) in [4.78, 5) is 14.1. The number of fused-ring (bicyclic) bond motifs is 1. The lowest BCUT2D eigenvalue weighted by molar-refractivity contribution is 0.726. The van der Waals surface area contributed by atoms with Gasteiger partial charge in [-0.2, -0.15) is 4.98 Å². The van der Waals surface area contributed by atoms with Crippen LogP contribution < -0.4 is 10.2 Å². The summed E-state index contributed by atoms with van der Waals surface area (Å²) in [7, 11) is 1.88. The van der Waals surface area contributed by atoms with Gasteiger partial charge in [0.1, 0.15) is 10.6 Å². The molecule has 0 saturated heterocycles. The molecule has 0 aliphatic carbocycles.